The summed E-state index contributed by atoms with van der Waals surface area (Å²) in [6.45, 7) is 1.80. The summed E-state index contributed by atoms with van der Waals surface area (Å²) >= 11 is 0. The molecule has 0 amide bonds. The number of ketones is 1. The van der Waals surface area contributed by atoms with E-state index in [2.05, 4.69) is 10.1 Å². The molecule has 3 rings (SSSR count). The number of hydrogen-bond donors (Lipinski definition) is 0. The van der Waals surface area contributed by atoms with Crippen molar-refractivity contribution in [2.24, 2.45) is 0 Å². The van der Waals surface area contributed by atoms with Crippen molar-refractivity contribution in [3.63, 3.8) is 0 Å². The molecule has 1 aliphatic carbocycles. The van der Waals surface area contributed by atoms with E-state index < -0.39 is 0 Å². The molecule has 1 aliphatic rings. The summed E-state index contributed by atoms with van der Waals surface area (Å²) in [5.41, 5.74) is 1.36. The lowest BCUT2D eigenvalue weighted by Crippen LogP contribution is -2.17. The molecule has 1 aromatic carbocycles. The molecule has 0 radical (unpaired) electrons. The van der Waals surface area contributed by atoms with Crippen molar-refractivity contribution in [3.05, 3.63) is 35.5 Å². The van der Waals surface area contributed by atoms with Gasteiger partial charge in [-0.1, -0.05) is 11.6 Å². The van der Waals surface area contributed by atoms with Crippen molar-refractivity contribution in [3.8, 4) is 11.4 Å². The predicted molar refractivity (Wildman–Crippen MR) is 70.6 cm³/mol. The molecule has 0 saturated heterocycles. The Balaban J connectivity index is 1.91. The molecule has 1 unspecified atom stereocenters. The molecule has 2 aromatic rings. The SMILES string of the molecule is Cc1cc(F)cc(-c2noc(C3CCCCC3=O)n2)c1. The fourth-order valence-electron chi connectivity index (χ4n) is 2.60. The van der Waals surface area contributed by atoms with Gasteiger partial charge in [-0.15, -0.1) is 0 Å². The lowest BCUT2D eigenvalue weighted by Gasteiger charge is -2.16. The van der Waals surface area contributed by atoms with Crippen molar-refractivity contribution in [1.29, 1.82) is 0 Å². The van der Waals surface area contributed by atoms with Crippen LogP contribution in [0.1, 0.15) is 43.1 Å². The summed E-state index contributed by atoms with van der Waals surface area (Å²) in [5, 5.41) is 3.87. The third-order valence-electron chi connectivity index (χ3n) is 3.59. The van der Waals surface area contributed by atoms with Gasteiger partial charge in [0.2, 0.25) is 11.7 Å². The van der Waals surface area contributed by atoms with Crippen LogP contribution in [0.5, 0.6) is 0 Å². The summed E-state index contributed by atoms with van der Waals surface area (Å²) in [5.74, 6) is 0.217. The van der Waals surface area contributed by atoms with Gasteiger partial charge in [0, 0.05) is 12.0 Å². The number of Topliss-reactive ketones (excluding diaryl/α,β-unsaturated/α-hetero) is 1. The van der Waals surface area contributed by atoms with Gasteiger partial charge in [-0.3, -0.25) is 4.79 Å². The first-order chi connectivity index (χ1) is 9.63. The molecule has 0 bridgehead atoms. The number of carbonyl (C=O) groups excluding carboxylic acids is 1. The van der Waals surface area contributed by atoms with E-state index in [1.807, 2.05) is 0 Å². The number of benzene rings is 1. The minimum Gasteiger partial charge on any atom is -0.338 e. The second-order valence-corrected chi connectivity index (χ2v) is 5.24. The highest BCUT2D eigenvalue weighted by Crippen LogP contribution is 2.30. The Morgan fingerprint density at radius 1 is 1.30 bits per heavy atom. The van der Waals surface area contributed by atoms with Crippen molar-refractivity contribution < 1.29 is 13.7 Å². The van der Waals surface area contributed by atoms with E-state index in [0.717, 1.165) is 24.8 Å². The molecule has 1 fully saturated rings. The number of halogens is 1. The number of carbonyl (C=O) groups is 1. The molecular formula is C15H15FN2O2. The van der Waals surface area contributed by atoms with Crippen molar-refractivity contribution in [1.82, 2.24) is 10.1 Å². The quantitative estimate of drug-likeness (QED) is 0.842. The largest absolute Gasteiger partial charge is 0.338 e. The molecule has 0 aliphatic heterocycles. The highest BCUT2D eigenvalue weighted by molar-refractivity contribution is 5.85. The lowest BCUT2D eigenvalue weighted by atomic mass is 9.88. The number of aryl methyl sites for hydroxylation is 1. The molecule has 1 saturated carbocycles. The zero-order chi connectivity index (χ0) is 14.1. The Morgan fingerprint density at radius 3 is 2.90 bits per heavy atom. The maximum atomic E-state index is 13.4. The Bertz CT molecular complexity index is 631. The average Bonchev–Trinajstić information content (AvgIpc) is 2.87. The summed E-state index contributed by atoms with van der Waals surface area (Å²) in [6.07, 6.45) is 3.25. The van der Waals surface area contributed by atoms with Crippen LogP contribution in [0, 0.1) is 12.7 Å². The van der Waals surface area contributed by atoms with Gasteiger partial charge in [-0.25, -0.2) is 4.39 Å². The first-order valence-electron chi connectivity index (χ1n) is 6.77. The first-order valence-corrected chi connectivity index (χ1v) is 6.77. The Kier molecular flexibility index (Phi) is 3.34. The number of nitrogens with zero attached hydrogens (tertiary/aromatic N) is 2. The van der Waals surface area contributed by atoms with Crippen molar-refractivity contribution in [2.45, 2.75) is 38.5 Å². The van der Waals surface area contributed by atoms with Crippen LogP contribution in [-0.4, -0.2) is 15.9 Å². The van der Waals surface area contributed by atoms with Gasteiger partial charge < -0.3 is 4.52 Å². The normalized spacial score (nSPS) is 19.3. The number of aromatic nitrogens is 2. The van der Waals surface area contributed by atoms with Gasteiger partial charge in [0.25, 0.3) is 0 Å². The average molecular weight is 274 g/mol. The summed E-state index contributed by atoms with van der Waals surface area (Å²) in [4.78, 5) is 16.1. The second kappa shape index (κ2) is 5.15. The van der Waals surface area contributed by atoms with Gasteiger partial charge in [0.05, 0.1) is 5.92 Å². The van der Waals surface area contributed by atoms with Crippen LogP contribution in [-0.2, 0) is 4.79 Å². The Morgan fingerprint density at radius 2 is 2.15 bits per heavy atom. The minimum absolute atomic E-state index is 0.155. The van der Waals surface area contributed by atoms with Crippen LogP contribution >= 0.6 is 0 Å². The van der Waals surface area contributed by atoms with Gasteiger partial charge >= 0.3 is 0 Å². The van der Waals surface area contributed by atoms with E-state index >= 15 is 0 Å². The maximum absolute atomic E-state index is 13.4. The molecular weight excluding hydrogens is 259 g/mol. The highest BCUT2D eigenvalue weighted by Gasteiger charge is 2.29. The predicted octanol–water partition coefficient (Wildman–Crippen LogP) is 3.41. The zero-order valence-electron chi connectivity index (χ0n) is 11.2. The second-order valence-electron chi connectivity index (χ2n) is 5.24. The van der Waals surface area contributed by atoms with E-state index in [0.29, 0.717) is 23.7 Å². The molecule has 104 valence electrons. The van der Waals surface area contributed by atoms with Crippen LogP contribution in [0.4, 0.5) is 4.39 Å². The van der Waals surface area contributed by atoms with Gasteiger partial charge in [0.1, 0.15) is 11.6 Å². The van der Waals surface area contributed by atoms with Crippen molar-refractivity contribution >= 4 is 5.78 Å². The molecule has 1 heterocycles. The molecule has 5 heteroatoms. The summed E-state index contributed by atoms with van der Waals surface area (Å²) in [7, 11) is 0. The van der Waals surface area contributed by atoms with Crippen LogP contribution in [0.2, 0.25) is 0 Å². The topological polar surface area (TPSA) is 56.0 Å². The Hall–Kier alpha value is -2.04. The van der Waals surface area contributed by atoms with Crippen LogP contribution in [0.25, 0.3) is 11.4 Å². The molecule has 1 atom stereocenters. The molecule has 0 N–H and O–H groups in total. The van der Waals surface area contributed by atoms with E-state index in [-0.39, 0.29) is 17.5 Å². The fourth-order valence-corrected chi connectivity index (χ4v) is 2.60. The van der Waals surface area contributed by atoms with Crippen LogP contribution in [0.15, 0.2) is 22.7 Å². The van der Waals surface area contributed by atoms with E-state index in [1.54, 1.807) is 13.0 Å². The van der Waals surface area contributed by atoms with Gasteiger partial charge in [-0.05, 0) is 43.5 Å². The zero-order valence-corrected chi connectivity index (χ0v) is 11.2. The molecule has 20 heavy (non-hydrogen) atoms. The monoisotopic (exact) mass is 274 g/mol. The van der Waals surface area contributed by atoms with Crippen LogP contribution < -0.4 is 0 Å². The third-order valence-corrected chi connectivity index (χ3v) is 3.59. The summed E-state index contributed by atoms with van der Waals surface area (Å²) in [6, 6.07) is 4.60. The first kappa shape index (κ1) is 13.0. The van der Waals surface area contributed by atoms with Crippen LogP contribution in [0.3, 0.4) is 0 Å². The van der Waals surface area contributed by atoms with Gasteiger partial charge in [0.15, 0.2) is 0 Å². The highest BCUT2D eigenvalue weighted by atomic mass is 19.1. The lowest BCUT2D eigenvalue weighted by molar-refractivity contribution is -0.122. The molecule has 4 nitrogen and oxygen atoms in total. The third kappa shape index (κ3) is 2.48. The number of hydrogen-bond acceptors (Lipinski definition) is 4. The van der Waals surface area contributed by atoms with E-state index in [9.17, 15) is 9.18 Å². The minimum atomic E-state index is -0.333. The fraction of sp³-hybridized carbons (Fsp3) is 0.400. The Labute approximate surface area is 116 Å². The smallest absolute Gasteiger partial charge is 0.237 e. The van der Waals surface area contributed by atoms with E-state index in [1.165, 1.54) is 12.1 Å². The van der Waals surface area contributed by atoms with Gasteiger partial charge in [-0.2, -0.15) is 4.98 Å². The molecule has 0 spiro atoms. The number of rotatable bonds is 2. The maximum Gasteiger partial charge on any atom is 0.237 e. The van der Waals surface area contributed by atoms with Crippen molar-refractivity contribution in [2.75, 3.05) is 0 Å². The van der Waals surface area contributed by atoms with E-state index in [4.69, 9.17) is 4.52 Å². The summed E-state index contributed by atoms with van der Waals surface area (Å²) < 4.78 is 18.6. The molecule has 1 aromatic heterocycles. The standard InChI is InChI=1S/C15H15FN2O2/c1-9-6-10(8-11(16)7-9)14-17-15(20-18-14)12-4-2-3-5-13(12)19/h6-8,12H,2-5H2,1H3.